The summed E-state index contributed by atoms with van der Waals surface area (Å²) in [6.45, 7) is 5.19. The molecule has 1 unspecified atom stereocenters. The van der Waals surface area contributed by atoms with E-state index in [4.69, 9.17) is 4.74 Å². The molecule has 0 spiro atoms. The van der Waals surface area contributed by atoms with Gasteiger partial charge >= 0.3 is 0 Å². The molecule has 160 valence electrons. The van der Waals surface area contributed by atoms with Gasteiger partial charge in [0.1, 0.15) is 11.6 Å². The molecule has 1 aliphatic heterocycles. The standard InChI is InChI=1S/C23H21FN2O4S/c1-23(2,3)20(28)17-18(12-5-8-14(30-4)9-6-12)26(21(29)19(17)27)22-25-15-10-7-13(24)11-16(15)31-22/h5-11,18,27H,1-4H3. The molecule has 31 heavy (non-hydrogen) atoms. The minimum Gasteiger partial charge on any atom is -0.503 e. The van der Waals surface area contributed by atoms with Crippen molar-refractivity contribution in [3.8, 4) is 5.75 Å². The van der Waals surface area contributed by atoms with Gasteiger partial charge in [-0.05, 0) is 35.9 Å². The van der Waals surface area contributed by atoms with E-state index in [0.717, 1.165) is 11.3 Å². The van der Waals surface area contributed by atoms with Gasteiger partial charge in [-0.1, -0.05) is 44.2 Å². The van der Waals surface area contributed by atoms with Gasteiger partial charge in [0.05, 0.1) is 28.9 Å². The highest BCUT2D eigenvalue weighted by Gasteiger charge is 2.47. The number of fused-ring (bicyclic) bond motifs is 1. The highest BCUT2D eigenvalue weighted by atomic mass is 32.1. The summed E-state index contributed by atoms with van der Waals surface area (Å²) < 4.78 is 19.4. The van der Waals surface area contributed by atoms with Gasteiger partial charge in [-0.3, -0.25) is 14.5 Å². The van der Waals surface area contributed by atoms with Gasteiger partial charge in [0, 0.05) is 5.41 Å². The Balaban J connectivity index is 1.90. The molecule has 1 atom stereocenters. The molecule has 1 aliphatic rings. The number of nitrogens with zero attached hydrogens (tertiary/aromatic N) is 2. The number of anilines is 1. The van der Waals surface area contributed by atoms with Crippen LogP contribution in [0.1, 0.15) is 32.4 Å². The normalized spacial score (nSPS) is 17.0. The van der Waals surface area contributed by atoms with Crippen molar-refractivity contribution in [3.05, 3.63) is 65.2 Å². The van der Waals surface area contributed by atoms with E-state index >= 15 is 0 Å². The lowest BCUT2D eigenvalue weighted by atomic mass is 9.82. The van der Waals surface area contributed by atoms with Crippen LogP contribution in [-0.4, -0.2) is 28.9 Å². The van der Waals surface area contributed by atoms with E-state index in [1.165, 1.54) is 23.1 Å². The Bertz CT molecular complexity index is 1220. The van der Waals surface area contributed by atoms with E-state index in [0.29, 0.717) is 21.5 Å². The first-order valence-corrected chi connectivity index (χ1v) is 10.4. The topological polar surface area (TPSA) is 79.7 Å². The average molecular weight is 440 g/mol. The van der Waals surface area contributed by atoms with Crippen molar-refractivity contribution in [3.63, 3.8) is 0 Å². The maximum atomic E-state index is 13.7. The van der Waals surface area contributed by atoms with Crippen LogP contribution in [0.2, 0.25) is 0 Å². The van der Waals surface area contributed by atoms with Gasteiger partial charge in [0.15, 0.2) is 16.7 Å². The van der Waals surface area contributed by atoms with Gasteiger partial charge in [0.2, 0.25) is 0 Å². The Morgan fingerprint density at radius 2 is 1.87 bits per heavy atom. The fourth-order valence-electron chi connectivity index (χ4n) is 3.53. The molecule has 0 saturated carbocycles. The molecule has 3 aromatic rings. The number of ether oxygens (including phenoxy) is 1. The van der Waals surface area contributed by atoms with E-state index in [9.17, 15) is 19.1 Å². The highest BCUT2D eigenvalue weighted by Crippen LogP contribution is 2.45. The quantitative estimate of drug-likeness (QED) is 0.620. The number of aromatic nitrogens is 1. The predicted molar refractivity (Wildman–Crippen MR) is 117 cm³/mol. The lowest BCUT2D eigenvalue weighted by Gasteiger charge is -2.27. The minimum absolute atomic E-state index is 0.0214. The second-order valence-electron chi connectivity index (χ2n) is 8.30. The molecule has 1 aromatic heterocycles. The molecule has 4 rings (SSSR count). The third kappa shape index (κ3) is 3.57. The van der Waals surface area contributed by atoms with Gasteiger partial charge < -0.3 is 9.84 Å². The number of carbonyl (C=O) groups excluding carboxylic acids is 2. The van der Waals surface area contributed by atoms with Crippen molar-refractivity contribution >= 4 is 38.4 Å². The summed E-state index contributed by atoms with van der Waals surface area (Å²) in [5, 5.41) is 11.0. The minimum atomic E-state index is -0.865. The number of methoxy groups -OCH3 is 1. The average Bonchev–Trinajstić information content (AvgIpc) is 3.25. The molecule has 6 nitrogen and oxygen atoms in total. The van der Waals surface area contributed by atoms with Crippen LogP contribution in [0.5, 0.6) is 5.75 Å². The maximum Gasteiger partial charge on any atom is 0.296 e. The second kappa shape index (κ2) is 7.46. The molecule has 0 saturated heterocycles. The second-order valence-corrected chi connectivity index (χ2v) is 9.31. The van der Waals surface area contributed by atoms with E-state index in [1.807, 2.05) is 0 Å². The number of thiazole rings is 1. The van der Waals surface area contributed by atoms with Gasteiger partial charge in [-0.2, -0.15) is 0 Å². The van der Waals surface area contributed by atoms with E-state index < -0.39 is 28.9 Å². The van der Waals surface area contributed by atoms with Crippen LogP contribution in [-0.2, 0) is 9.59 Å². The molecule has 2 aromatic carbocycles. The first-order chi connectivity index (χ1) is 14.6. The molecule has 0 fully saturated rings. The first kappa shape index (κ1) is 21.0. The van der Waals surface area contributed by atoms with Crippen molar-refractivity contribution in [1.29, 1.82) is 0 Å². The Kier molecular flexibility index (Phi) is 5.05. The molecule has 1 N–H and O–H groups in total. The molecule has 0 aliphatic carbocycles. The Labute approximate surface area is 182 Å². The number of benzene rings is 2. The molecular formula is C23H21FN2O4S. The zero-order valence-corrected chi connectivity index (χ0v) is 18.3. The van der Waals surface area contributed by atoms with Gasteiger partial charge in [-0.25, -0.2) is 9.37 Å². The van der Waals surface area contributed by atoms with Crippen molar-refractivity contribution in [2.75, 3.05) is 12.0 Å². The van der Waals surface area contributed by atoms with Gasteiger partial charge in [0.25, 0.3) is 5.91 Å². The molecular weight excluding hydrogens is 419 g/mol. The molecule has 0 radical (unpaired) electrons. The lowest BCUT2D eigenvalue weighted by Crippen LogP contribution is -2.32. The van der Waals surface area contributed by atoms with Crippen molar-refractivity contribution in [2.24, 2.45) is 5.41 Å². The number of aliphatic hydroxyl groups excluding tert-OH is 1. The number of carbonyl (C=O) groups is 2. The summed E-state index contributed by atoms with van der Waals surface area (Å²) in [7, 11) is 1.54. The predicted octanol–water partition coefficient (Wildman–Crippen LogP) is 4.96. The number of ketones is 1. The van der Waals surface area contributed by atoms with E-state index in [1.54, 1.807) is 52.1 Å². The summed E-state index contributed by atoms with van der Waals surface area (Å²) in [5.74, 6) is -1.44. The third-order valence-electron chi connectivity index (χ3n) is 5.11. The summed E-state index contributed by atoms with van der Waals surface area (Å²) in [4.78, 5) is 32.1. The SMILES string of the molecule is COc1ccc(C2C(C(=O)C(C)(C)C)=C(O)C(=O)N2c2nc3ccc(F)cc3s2)cc1. The summed E-state index contributed by atoms with van der Waals surface area (Å²) in [6.07, 6.45) is 0. The summed E-state index contributed by atoms with van der Waals surface area (Å²) in [5.41, 5.74) is 0.350. The van der Waals surface area contributed by atoms with Gasteiger partial charge in [-0.15, -0.1) is 0 Å². The van der Waals surface area contributed by atoms with Crippen LogP contribution in [0.3, 0.4) is 0 Å². The Hall–Kier alpha value is -3.26. The zero-order chi connectivity index (χ0) is 22.5. The molecule has 0 bridgehead atoms. The van der Waals surface area contributed by atoms with Crippen LogP contribution in [0, 0.1) is 11.2 Å². The van der Waals surface area contributed by atoms with Crippen LogP contribution >= 0.6 is 11.3 Å². The van der Waals surface area contributed by atoms with E-state index in [2.05, 4.69) is 4.98 Å². The number of hydrogen-bond donors (Lipinski definition) is 1. The van der Waals surface area contributed by atoms with Crippen molar-refractivity contribution in [1.82, 2.24) is 4.98 Å². The monoisotopic (exact) mass is 440 g/mol. The van der Waals surface area contributed by atoms with Crippen LogP contribution in [0.4, 0.5) is 9.52 Å². The number of Topliss-reactive ketones (excluding diaryl/α,β-unsaturated/α-hetero) is 1. The van der Waals surface area contributed by atoms with Crippen molar-refractivity contribution < 1.29 is 23.8 Å². The maximum absolute atomic E-state index is 13.7. The number of halogens is 1. The fourth-order valence-corrected chi connectivity index (χ4v) is 4.55. The first-order valence-electron chi connectivity index (χ1n) is 9.63. The summed E-state index contributed by atoms with van der Waals surface area (Å²) >= 11 is 1.12. The fraction of sp³-hybridized carbons (Fsp3) is 0.261. The number of rotatable bonds is 4. The molecule has 1 amide bonds. The van der Waals surface area contributed by atoms with Crippen LogP contribution in [0.15, 0.2) is 53.8 Å². The number of amides is 1. The molecule has 8 heteroatoms. The molecule has 2 heterocycles. The van der Waals surface area contributed by atoms with Crippen LogP contribution in [0.25, 0.3) is 10.2 Å². The van der Waals surface area contributed by atoms with E-state index in [-0.39, 0.29) is 16.5 Å². The van der Waals surface area contributed by atoms with Crippen LogP contribution < -0.4 is 9.64 Å². The number of hydrogen-bond acceptors (Lipinski definition) is 6. The number of aliphatic hydroxyl groups is 1. The zero-order valence-electron chi connectivity index (χ0n) is 17.5. The Morgan fingerprint density at radius 3 is 2.48 bits per heavy atom. The highest BCUT2D eigenvalue weighted by molar-refractivity contribution is 7.22. The third-order valence-corrected chi connectivity index (χ3v) is 6.13. The van der Waals surface area contributed by atoms with Crippen molar-refractivity contribution in [2.45, 2.75) is 26.8 Å². The smallest absolute Gasteiger partial charge is 0.296 e. The lowest BCUT2D eigenvalue weighted by molar-refractivity contribution is -0.123. The Morgan fingerprint density at radius 1 is 1.19 bits per heavy atom. The summed E-state index contributed by atoms with van der Waals surface area (Å²) in [6, 6.07) is 10.2. The largest absolute Gasteiger partial charge is 0.503 e.